The minimum atomic E-state index is -0.939. The monoisotopic (exact) mass is 380 g/mol. The third-order valence-electron chi connectivity index (χ3n) is 4.87. The fourth-order valence-corrected chi connectivity index (χ4v) is 3.22. The van der Waals surface area contributed by atoms with E-state index in [1.54, 1.807) is 29.2 Å². The van der Waals surface area contributed by atoms with Gasteiger partial charge in [0.15, 0.2) is 6.10 Å². The highest BCUT2D eigenvalue weighted by molar-refractivity contribution is 5.99. The Morgan fingerprint density at radius 2 is 1.71 bits per heavy atom. The van der Waals surface area contributed by atoms with Gasteiger partial charge in [0.1, 0.15) is 0 Å². The van der Waals surface area contributed by atoms with E-state index < -0.39 is 12.1 Å². The van der Waals surface area contributed by atoms with Crippen molar-refractivity contribution < 1.29 is 19.1 Å². The van der Waals surface area contributed by atoms with Crippen molar-refractivity contribution in [2.45, 2.75) is 39.7 Å². The van der Waals surface area contributed by atoms with Gasteiger partial charge in [0.25, 0.3) is 5.91 Å². The van der Waals surface area contributed by atoms with Crippen LogP contribution >= 0.6 is 0 Å². The number of aryl methyl sites for hydroxylation is 2. The molecule has 1 saturated heterocycles. The second-order valence-electron chi connectivity index (χ2n) is 7.00. The molecule has 1 atom stereocenters. The van der Waals surface area contributed by atoms with Crippen molar-refractivity contribution in [1.29, 1.82) is 0 Å². The summed E-state index contributed by atoms with van der Waals surface area (Å²) in [7, 11) is 0. The number of ether oxygens (including phenoxy) is 1. The molecule has 146 valence electrons. The highest BCUT2D eigenvalue weighted by Crippen LogP contribution is 2.22. The van der Waals surface area contributed by atoms with Crippen LogP contribution in [0.3, 0.4) is 0 Å². The summed E-state index contributed by atoms with van der Waals surface area (Å²) in [4.78, 5) is 38.3. The number of rotatable bonds is 5. The molecule has 2 amide bonds. The zero-order valence-electron chi connectivity index (χ0n) is 16.3. The van der Waals surface area contributed by atoms with E-state index in [1.165, 1.54) is 6.92 Å². The number of para-hydroxylation sites is 1. The molecule has 2 aromatic rings. The molecular weight excluding hydrogens is 356 g/mol. The van der Waals surface area contributed by atoms with Gasteiger partial charge in [-0.2, -0.15) is 0 Å². The summed E-state index contributed by atoms with van der Waals surface area (Å²) in [5.74, 6) is -0.874. The molecular formula is C22H24N2O4. The van der Waals surface area contributed by atoms with Crippen LogP contribution in [0.5, 0.6) is 0 Å². The van der Waals surface area contributed by atoms with Crippen LogP contribution in [0.2, 0.25) is 0 Å². The second-order valence-corrected chi connectivity index (χ2v) is 7.00. The van der Waals surface area contributed by atoms with E-state index in [1.807, 2.05) is 32.0 Å². The van der Waals surface area contributed by atoms with Crippen molar-refractivity contribution in [3.8, 4) is 0 Å². The van der Waals surface area contributed by atoms with Gasteiger partial charge in [-0.3, -0.25) is 9.59 Å². The minimum absolute atomic E-state index is 0.0899. The van der Waals surface area contributed by atoms with Gasteiger partial charge in [0, 0.05) is 24.3 Å². The Kier molecular flexibility index (Phi) is 5.78. The Balaban J connectivity index is 1.62. The fourth-order valence-electron chi connectivity index (χ4n) is 3.22. The summed E-state index contributed by atoms with van der Waals surface area (Å²) in [6, 6.07) is 12.4. The summed E-state index contributed by atoms with van der Waals surface area (Å²) in [6.45, 7) is 6.05. The minimum Gasteiger partial charge on any atom is -0.449 e. The maximum atomic E-state index is 12.4. The molecule has 0 spiro atoms. The smallest absolute Gasteiger partial charge is 0.338 e. The standard InChI is InChI=1S/C22H24N2O4/c1-14-6-4-7-15(2)20(14)23-21(26)16(3)28-22(27)17-9-11-18(12-10-17)24-13-5-8-19(24)25/h4,6-7,9-12,16H,5,8,13H2,1-3H3,(H,23,26)/t16-/m1/s1. The van der Waals surface area contributed by atoms with Crippen LogP contribution in [0.4, 0.5) is 11.4 Å². The number of carbonyl (C=O) groups excluding carboxylic acids is 3. The lowest BCUT2D eigenvalue weighted by molar-refractivity contribution is -0.123. The average Bonchev–Trinajstić information content (AvgIpc) is 3.10. The third-order valence-corrected chi connectivity index (χ3v) is 4.87. The summed E-state index contributed by atoms with van der Waals surface area (Å²) < 4.78 is 5.31. The summed E-state index contributed by atoms with van der Waals surface area (Å²) in [5.41, 5.74) is 3.72. The van der Waals surface area contributed by atoms with Crippen LogP contribution in [0.1, 0.15) is 41.3 Å². The van der Waals surface area contributed by atoms with Gasteiger partial charge < -0.3 is 15.0 Å². The zero-order valence-corrected chi connectivity index (χ0v) is 16.3. The summed E-state index contributed by atoms with van der Waals surface area (Å²) in [6.07, 6.45) is 0.457. The normalized spacial score (nSPS) is 14.7. The topological polar surface area (TPSA) is 75.7 Å². The maximum Gasteiger partial charge on any atom is 0.338 e. The first-order valence-corrected chi connectivity index (χ1v) is 9.35. The Labute approximate surface area is 164 Å². The van der Waals surface area contributed by atoms with E-state index in [4.69, 9.17) is 4.74 Å². The molecule has 0 saturated carbocycles. The molecule has 1 aliphatic heterocycles. The highest BCUT2D eigenvalue weighted by Gasteiger charge is 2.23. The molecule has 0 aliphatic carbocycles. The van der Waals surface area contributed by atoms with Gasteiger partial charge in [-0.05, 0) is 62.6 Å². The third kappa shape index (κ3) is 4.22. The average molecular weight is 380 g/mol. The van der Waals surface area contributed by atoms with Crippen molar-refractivity contribution in [3.63, 3.8) is 0 Å². The molecule has 1 heterocycles. The molecule has 0 aromatic heterocycles. The number of nitrogens with zero attached hydrogens (tertiary/aromatic N) is 1. The lowest BCUT2D eigenvalue weighted by atomic mass is 10.1. The number of hydrogen-bond acceptors (Lipinski definition) is 4. The number of anilines is 2. The quantitative estimate of drug-likeness (QED) is 0.804. The van der Waals surface area contributed by atoms with Crippen molar-refractivity contribution in [3.05, 3.63) is 59.2 Å². The van der Waals surface area contributed by atoms with E-state index in [2.05, 4.69) is 5.32 Å². The van der Waals surface area contributed by atoms with Crippen LogP contribution in [-0.2, 0) is 14.3 Å². The number of benzene rings is 2. The van der Waals surface area contributed by atoms with E-state index in [9.17, 15) is 14.4 Å². The molecule has 6 nitrogen and oxygen atoms in total. The van der Waals surface area contributed by atoms with Gasteiger partial charge >= 0.3 is 5.97 Å². The fraction of sp³-hybridized carbons (Fsp3) is 0.318. The summed E-state index contributed by atoms with van der Waals surface area (Å²) >= 11 is 0. The molecule has 0 unspecified atom stereocenters. The van der Waals surface area contributed by atoms with Crippen molar-refractivity contribution in [1.82, 2.24) is 0 Å². The number of esters is 1. The Bertz CT molecular complexity index is 885. The maximum absolute atomic E-state index is 12.4. The van der Waals surface area contributed by atoms with E-state index in [0.717, 1.165) is 28.9 Å². The van der Waals surface area contributed by atoms with Gasteiger partial charge in [-0.25, -0.2) is 4.79 Å². The Hall–Kier alpha value is -3.15. The van der Waals surface area contributed by atoms with Crippen molar-refractivity contribution in [2.75, 3.05) is 16.8 Å². The molecule has 6 heteroatoms. The van der Waals surface area contributed by atoms with E-state index >= 15 is 0 Å². The van der Waals surface area contributed by atoms with Gasteiger partial charge in [0.05, 0.1) is 5.56 Å². The molecule has 1 aliphatic rings. The Morgan fingerprint density at radius 1 is 1.07 bits per heavy atom. The van der Waals surface area contributed by atoms with E-state index in [-0.39, 0.29) is 11.8 Å². The number of hydrogen-bond donors (Lipinski definition) is 1. The molecule has 0 radical (unpaired) electrons. The number of nitrogens with one attached hydrogen (secondary N) is 1. The first kappa shape index (κ1) is 19.6. The predicted molar refractivity (Wildman–Crippen MR) is 107 cm³/mol. The largest absolute Gasteiger partial charge is 0.449 e. The van der Waals surface area contributed by atoms with Gasteiger partial charge in [-0.15, -0.1) is 0 Å². The SMILES string of the molecule is Cc1cccc(C)c1NC(=O)[C@@H](C)OC(=O)c1ccc(N2CCCC2=O)cc1. The summed E-state index contributed by atoms with van der Waals surface area (Å²) in [5, 5.41) is 2.83. The van der Waals surface area contributed by atoms with Crippen LogP contribution in [0.25, 0.3) is 0 Å². The molecule has 0 bridgehead atoms. The number of carbonyl (C=O) groups is 3. The highest BCUT2D eigenvalue weighted by atomic mass is 16.5. The van der Waals surface area contributed by atoms with Crippen molar-refractivity contribution in [2.24, 2.45) is 0 Å². The molecule has 28 heavy (non-hydrogen) atoms. The van der Waals surface area contributed by atoms with Gasteiger partial charge in [0.2, 0.25) is 5.91 Å². The van der Waals surface area contributed by atoms with E-state index in [0.29, 0.717) is 18.5 Å². The lowest BCUT2D eigenvalue weighted by Crippen LogP contribution is -2.30. The second kappa shape index (κ2) is 8.25. The predicted octanol–water partition coefficient (Wildman–Crippen LogP) is 3.61. The zero-order chi connectivity index (χ0) is 20.3. The molecule has 1 fully saturated rings. The van der Waals surface area contributed by atoms with Crippen molar-refractivity contribution >= 4 is 29.2 Å². The lowest BCUT2D eigenvalue weighted by Gasteiger charge is -2.17. The van der Waals surface area contributed by atoms with Crippen LogP contribution in [-0.4, -0.2) is 30.4 Å². The van der Waals surface area contributed by atoms with Crippen LogP contribution in [0, 0.1) is 13.8 Å². The van der Waals surface area contributed by atoms with Crippen LogP contribution < -0.4 is 10.2 Å². The first-order valence-electron chi connectivity index (χ1n) is 9.35. The first-order chi connectivity index (χ1) is 13.4. The molecule has 3 rings (SSSR count). The van der Waals surface area contributed by atoms with Gasteiger partial charge in [-0.1, -0.05) is 18.2 Å². The molecule has 1 N–H and O–H groups in total. The number of amides is 2. The van der Waals surface area contributed by atoms with Crippen LogP contribution in [0.15, 0.2) is 42.5 Å². The molecule has 2 aromatic carbocycles. The Morgan fingerprint density at radius 3 is 2.29 bits per heavy atom.